The molecule has 5 heteroatoms. The lowest BCUT2D eigenvalue weighted by Crippen LogP contribution is -2.55. The van der Waals surface area contributed by atoms with Crippen molar-refractivity contribution in [3.63, 3.8) is 0 Å². The summed E-state index contributed by atoms with van der Waals surface area (Å²) in [6, 6.07) is 4.21. The molecule has 2 aliphatic rings. The maximum absolute atomic E-state index is 11.0. The first-order chi connectivity index (χ1) is 9.15. The summed E-state index contributed by atoms with van der Waals surface area (Å²) in [7, 11) is 0. The normalized spacial score (nSPS) is 27.3. The van der Waals surface area contributed by atoms with E-state index in [4.69, 9.17) is 5.11 Å². The van der Waals surface area contributed by atoms with E-state index < -0.39 is 5.97 Å². The number of rotatable bonds is 2. The zero-order chi connectivity index (χ0) is 13.4. The van der Waals surface area contributed by atoms with Gasteiger partial charge in [0.2, 0.25) is 0 Å². The number of carboxylic acids is 1. The van der Waals surface area contributed by atoms with E-state index in [1.807, 2.05) is 0 Å². The van der Waals surface area contributed by atoms with Crippen LogP contribution in [0, 0.1) is 0 Å². The molecular formula is C14H19N3O2. The Labute approximate surface area is 112 Å². The predicted octanol–water partition coefficient (Wildman–Crippen LogP) is 1.45. The summed E-state index contributed by atoms with van der Waals surface area (Å²) in [5, 5.41) is 9.07. The third-order valence-electron chi connectivity index (χ3n) is 4.22. The molecule has 2 unspecified atom stereocenters. The number of hydrogen-bond donors (Lipinski definition) is 1. The average Bonchev–Trinajstić information content (AvgIpc) is 2.85. The smallest absolute Gasteiger partial charge is 0.335 e. The van der Waals surface area contributed by atoms with Crippen molar-refractivity contribution in [3.8, 4) is 0 Å². The number of piperazine rings is 1. The lowest BCUT2D eigenvalue weighted by molar-refractivity contribution is 0.0696. The number of pyridine rings is 1. The molecule has 0 amide bonds. The molecule has 2 fully saturated rings. The minimum Gasteiger partial charge on any atom is -0.478 e. The molecule has 0 saturated carbocycles. The van der Waals surface area contributed by atoms with Crippen LogP contribution in [0.4, 0.5) is 5.82 Å². The second kappa shape index (κ2) is 4.81. The second-order valence-electron chi connectivity index (χ2n) is 5.50. The summed E-state index contributed by atoms with van der Waals surface area (Å²) < 4.78 is 0. The number of carbonyl (C=O) groups is 1. The largest absolute Gasteiger partial charge is 0.478 e. The van der Waals surface area contributed by atoms with Crippen LogP contribution in [-0.2, 0) is 0 Å². The van der Waals surface area contributed by atoms with Gasteiger partial charge >= 0.3 is 5.97 Å². The molecule has 0 radical (unpaired) electrons. The molecule has 102 valence electrons. The number of carboxylic acid groups (broad SMARTS) is 1. The van der Waals surface area contributed by atoms with Gasteiger partial charge in [0.15, 0.2) is 0 Å². The topological polar surface area (TPSA) is 56.7 Å². The van der Waals surface area contributed by atoms with Gasteiger partial charge in [-0.3, -0.25) is 4.90 Å². The maximum Gasteiger partial charge on any atom is 0.335 e. The highest BCUT2D eigenvalue weighted by atomic mass is 16.4. The SMILES string of the molecule is CC1CN2CCCC2CN1c1cc(C(=O)O)ccn1. The van der Waals surface area contributed by atoms with E-state index in [-0.39, 0.29) is 0 Å². The first-order valence-electron chi connectivity index (χ1n) is 6.85. The van der Waals surface area contributed by atoms with Gasteiger partial charge in [-0.25, -0.2) is 9.78 Å². The van der Waals surface area contributed by atoms with Crippen LogP contribution in [0.5, 0.6) is 0 Å². The monoisotopic (exact) mass is 261 g/mol. The van der Waals surface area contributed by atoms with Gasteiger partial charge in [0, 0.05) is 31.4 Å². The minimum atomic E-state index is -0.893. The number of nitrogens with zero attached hydrogens (tertiary/aromatic N) is 3. The Morgan fingerprint density at radius 1 is 1.47 bits per heavy atom. The molecule has 0 aromatic carbocycles. The molecule has 2 saturated heterocycles. The van der Waals surface area contributed by atoms with Gasteiger partial charge < -0.3 is 10.0 Å². The summed E-state index contributed by atoms with van der Waals surface area (Å²) in [6.45, 7) is 5.38. The van der Waals surface area contributed by atoms with Crippen LogP contribution in [0.15, 0.2) is 18.3 Å². The van der Waals surface area contributed by atoms with Crippen molar-refractivity contribution in [1.82, 2.24) is 9.88 Å². The Morgan fingerprint density at radius 2 is 2.32 bits per heavy atom. The molecule has 0 spiro atoms. The van der Waals surface area contributed by atoms with E-state index in [2.05, 4.69) is 21.7 Å². The molecule has 2 atom stereocenters. The number of fused-ring (bicyclic) bond motifs is 1. The number of hydrogen-bond acceptors (Lipinski definition) is 4. The third-order valence-corrected chi connectivity index (χ3v) is 4.22. The number of anilines is 1. The second-order valence-corrected chi connectivity index (χ2v) is 5.50. The predicted molar refractivity (Wildman–Crippen MR) is 72.6 cm³/mol. The lowest BCUT2D eigenvalue weighted by atomic mass is 10.1. The Hall–Kier alpha value is -1.62. The highest BCUT2D eigenvalue weighted by Crippen LogP contribution is 2.27. The van der Waals surface area contributed by atoms with Gasteiger partial charge in [0.1, 0.15) is 5.82 Å². The van der Waals surface area contributed by atoms with Crippen LogP contribution in [-0.4, -0.2) is 52.7 Å². The molecule has 1 aromatic heterocycles. The summed E-state index contributed by atoms with van der Waals surface area (Å²) >= 11 is 0. The highest BCUT2D eigenvalue weighted by molar-refractivity contribution is 5.88. The van der Waals surface area contributed by atoms with Crippen LogP contribution < -0.4 is 4.90 Å². The summed E-state index contributed by atoms with van der Waals surface area (Å²) in [5.74, 6) is -0.102. The summed E-state index contributed by atoms with van der Waals surface area (Å²) in [5.41, 5.74) is 0.311. The van der Waals surface area contributed by atoms with Gasteiger partial charge in [-0.05, 0) is 38.4 Å². The van der Waals surface area contributed by atoms with Crippen LogP contribution in [0.2, 0.25) is 0 Å². The van der Waals surface area contributed by atoms with Crippen molar-refractivity contribution >= 4 is 11.8 Å². The van der Waals surface area contributed by atoms with E-state index in [0.717, 1.165) is 18.9 Å². The van der Waals surface area contributed by atoms with E-state index >= 15 is 0 Å². The van der Waals surface area contributed by atoms with Crippen molar-refractivity contribution in [2.75, 3.05) is 24.5 Å². The Kier molecular flexibility index (Phi) is 3.14. The van der Waals surface area contributed by atoms with Crippen molar-refractivity contribution in [3.05, 3.63) is 23.9 Å². The molecule has 1 N–H and O–H groups in total. The van der Waals surface area contributed by atoms with Gasteiger partial charge in [-0.15, -0.1) is 0 Å². The van der Waals surface area contributed by atoms with E-state index in [9.17, 15) is 4.79 Å². The Bertz CT molecular complexity index is 491. The fourth-order valence-electron chi connectivity index (χ4n) is 3.22. The van der Waals surface area contributed by atoms with Gasteiger partial charge in [-0.1, -0.05) is 0 Å². The molecule has 2 aliphatic heterocycles. The molecule has 0 bridgehead atoms. The first kappa shape index (κ1) is 12.4. The maximum atomic E-state index is 11.0. The highest BCUT2D eigenvalue weighted by Gasteiger charge is 2.34. The lowest BCUT2D eigenvalue weighted by Gasteiger charge is -2.43. The van der Waals surface area contributed by atoms with Crippen LogP contribution in [0.1, 0.15) is 30.1 Å². The summed E-state index contributed by atoms with van der Waals surface area (Å²) in [6.07, 6.45) is 4.10. The zero-order valence-electron chi connectivity index (χ0n) is 11.1. The minimum absolute atomic E-state index is 0.311. The van der Waals surface area contributed by atoms with Crippen LogP contribution >= 0.6 is 0 Å². The van der Waals surface area contributed by atoms with Crippen LogP contribution in [0.3, 0.4) is 0 Å². The molecule has 1 aromatic rings. The first-order valence-corrected chi connectivity index (χ1v) is 6.85. The zero-order valence-corrected chi connectivity index (χ0v) is 11.1. The van der Waals surface area contributed by atoms with Crippen LogP contribution in [0.25, 0.3) is 0 Å². The van der Waals surface area contributed by atoms with E-state index in [0.29, 0.717) is 17.6 Å². The van der Waals surface area contributed by atoms with Gasteiger partial charge in [0.05, 0.1) is 5.56 Å². The van der Waals surface area contributed by atoms with Crippen molar-refractivity contribution < 1.29 is 9.90 Å². The fraction of sp³-hybridized carbons (Fsp3) is 0.571. The number of aromatic nitrogens is 1. The van der Waals surface area contributed by atoms with E-state index in [1.165, 1.54) is 19.4 Å². The third kappa shape index (κ3) is 2.30. The van der Waals surface area contributed by atoms with Gasteiger partial charge in [-0.2, -0.15) is 0 Å². The molecular weight excluding hydrogens is 242 g/mol. The van der Waals surface area contributed by atoms with Crippen molar-refractivity contribution in [1.29, 1.82) is 0 Å². The molecule has 3 heterocycles. The molecule has 0 aliphatic carbocycles. The average molecular weight is 261 g/mol. The van der Waals surface area contributed by atoms with Gasteiger partial charge in [0.25, 0.3) is 0 Å². The van der Waals surface area contributed by atoms with Crippen molar-refractivity contribution in [2.45, 2.75) is 31.8 Å². The number of aromatic carboxylic acids is 1. The summed E-state index contributed by atoms with van der Waals surface area (Å²) in [4.78, 5) is 20.2. The standard InChI is InChI=1S/C14H19N3O2/c1-10-8-16-6-2-3-12(16)9-17(10)13-7-11(14(18)19)4-5-15-13/h4-5,7,10,12H,2-3,6,8-9H2,1H3,(H,18,19). The fourth-order valence-corrected chi connectivity index (χ4v) is 3.22. The molecule has 19 heavy (non-hydrogen) atoms. The van der Waals surface area contributed by atoms with E-state index in [1.54, 1.807) is 18.3 Å². The molecule has 5 nitrogen and oxygen atoms in total. The molecule has 3 rings (SSSR count). The van der Waals surface area contributed by atoms with Crippen molar-refractivity contribution in [2.24, 2.45) is 0 Å². The Balaban J connectivity index is 1.84. The Morgan fingerprint density at radius 3 is 3.11 bits per heavy atom. The quantitative estimate of drug-likeness (QED) is 0.873.